The Morgan fingerprint density at radius 2 is 1.63 bits per heavy atom. The van der Waals surface area contributed by atoms with Gasteiger partial charge >= 0.3 is 6.09 Å². The van der Waals surface area contributed by atoms with Crippen molar-refractivity contribution < 1.29 is 9.90 Å². The van der Waals surface area contributed by atoms with E-state index in [1.165, 1.54) is 42.0 Å². The van der Waals surface area contributed by atoms with Gasteiger partial charge in [0.25, 0.3) is 0 Å². The Kier molecular flexibility index (Phi) is 15.7. The molecule has 1 aromatic carbocycles. The highest BCUT2D eigenvalue weighted by Gasteiger charge is 2.20. The maximum absolute atomic E-state index is 11.3. The first kappa shape index (κ1) is 28.7. The van der Waals surface area contributed by atoms with E-state index in [0.717, 1.165) is 32.2 Å². The molecule has 1 rings (SSSR count). The van der Waals surface area contributed by atoms with Crippen LogP contribution in [0.15, 0.2) is 24.3 Å². The molecule has 0 heterocycles. The molecule has 0 aliphatic rings. The Morgan fingerprint density at radius 1 is 1.00 bits per heavy atom. The Labute approximate surface area is 191 Å². The van der Waals surface area contributed by atoms with Crippen LogP contribution in [0.1, 0.15) is 83.8 Å². The molecule has 30 heavy (non-hydrogen) atoms. The maximum atomic E-state index is 11.3. The van der Waals surface area contributed by atoms with Gasteiger partial charge in [0.1, 0.15) is 0 Å². The number of nitrogens with zero attached hydrogens (tertiary/aromatic N) is 2. The number of rotatable bonds is 15. The molecule has 0 aliphatic carbocycles. The number of amides is 1. The molecule has 174 valence electrons. The van der Waals surface area contributed by atoms with Crippen LogP contribution in [0.3, 0.4) is 0 Å². The van der Waals surface area contributed by atoms with Crippen molar-refractivity contribution in [1.82, 2.24) is 9.80 Å². The number of halogens is 1. The monoisotopic (exact) mass is 440 g/mol. The number of carboxylic acid groups (broad SMARTS) is 1. The lowest BCUT2D eigenvalue weighted by Crippen LogP contribution is -2.32. The lowest BCUT2D eigenvalue weighted by Gasteiger charge is -2.30. The highest BCUT2D eigenvalue weighted by molar-refractivity contribution is 5.85. The van der Waals surface area contributed by atoms with E-state index in [4.69, 9.17) is 0 Å². The Morgan fingerprint density at radius 3 is 2.17 bits per heavy atom. The van der Waals surface area contributed by atoms with Gasteiger partial charge in [-0.15, -0.1) is 12.4 Å². The van der Waals surface area contributed by atoms with Crippen LogP contribution in [0.25, 0.3) is 0 Å². The zero-order chi connectivity index (χ0) is 21.6. The summed E-state index contributed by atoms with van der Waals surface area (Å²) < 4.78 is 0. The fourth-order valence-corrected chi connectivity index (χ4v) is 4.45. The molecular formula is C25H45ClN2O2. The molecule has 0 bridgehead atoms. The molecule has 0 saturated carbocycles. The van der Waals surface area contributed by atoms with Gasteiger partial charge in [0.2, 0.25) is 0 Å². The van der Waals surface area contributed by atoms with Crippen LogP contribution >= 0.6 is 12.4 Å². The minimum absolute atomic E-state index is 0. The van der Waals surface area contributed by atoms with Crippen molar-refractivity contribution in [1.29, 1.82) is 0 Å². The lowest BCUT2D eigenvalue weighted by atomic mass is 9.84. The Bertz CT molecular complexity index is 576. The van der Waals surface area contributed by atoms with E-state index < -0.39 is 6.09 Å². The smallest absolute Gasteiger partial charge is 0.407 e. The predicted octanol–water partition coefficient (Wildman–Crippen LogP) is 6.68. The summed E-state index contributed by atoms with van der Waals surface area (Å²) in [4.78, 5) is 15.4. The van der Waals surface area contributed by atoms with E-state index in [1.54, 1.807) is 0 Å². The number of benzene rings is 1. The van der Waals surface area contributed by atoms with Crippen molar-refractivity contribution >= 4 is 18.5 Å². The summed E-state index contributed by atoms with van der Waals surface area (Å²) in [5.41, 5.74) is 2.77. The van der Waals surface area contributed by atoms with Gasteiger partial charge in [-0.25, -0.2) is 4.79 Å². The first-order valence-electron chi connectivity index (χ1n) is 11.8. The van der Waals surface area contributed by atoms with E-state index in [1.807, 2.05) is 6.92 Å². The van der Waals surface area contributed by atoms with Crippen LogP contribution in [-0.4, -0.2) is 53.7 Å². The van der Waals surface area contributed by atoms with Crippen LogP contribution in [-0.2, 0) is 6.42 Å². The third-order valence-corrected chi connectivity index (χ3v) is 5.79. The largest absolute Gasteiger partial charge is 0.465 e. The van der Waals surface area contributed by atoms with E-state index in [9.17, 15) is 9.90 Å². The molecule has 0 saturated heterocycles. The van der Waals surface area contributed by atoms with Gasteiger partial charge < -0.3 is 14.9 Å². The maximum Gasteiger partial charge on any atom is 0.407 e. The SMILES string of the molecule is CCCN(CCC)C[C@H](C)[C@@H](CC)c1cccc(CCCN(CCC)C(=O)O)c1.Cl. The van der Waals surface area contributed by atoms with E-state index in [2.05, 4.69) is 56.9 Å². The van der Waals surface area contributed by atoms with Crippen molar-refractivity contribution in [2.45, 2.75) is 79.1 Å². The van der Waals surface area contributed by atoms with Gasteiger partial charge in [-0.1, -0.05) is 58.9 Å². The third kappa shape index (κ3) is 10.2. The number of hydrogen-bond acceptors (Lipinski definition) is 2. The first-order chi connectivity index (χ1) is 14.0. The van der Waals surface area contributed by atoms with Crippen molar-refractivity contribution in [3.63, 3.8) is 0 Å². The van der Waals surface area contributed by atoms with Crippen molar-refractivity contribution in [3.05, 3.63) is 35.4 Å². The zero-order valence-electron chi connectivity index (χ0n) is 19.9. The Balaban J connectivity index is 0.00000841. The summed E-state index contributed by atoms with van der Waals surface area (Å²) in [5.74, 6) is 1.20. The van der Waals surface area contributed by atoms with Gasteiger partial charge in [-0.3, -0.25) is 0 Å². The lowest BCUT2D eigenvalue weighted by molar-refractivity contribution is 0.144. The highest BCUT2D eigenvalue weighted by Crippen LogP contribution is 2.29. The van der Waals surface area contributed by atoms with E-state index >= 15 is 0 Å². The first-order valence-corrected chi connectivity index (χ1v) is 11.8. The van der Waals surface area contributed by atoms with Crippen LogP contribution in [0.5, 0.6) is 0 Å². The van der Waals surface area contributed by atoms with E-state index in [-0.39, 0.29) is 12.4 Å². The van der Waals surface area contributed by atoms with Gasteiger partial charge in [0.05, 0.1) is 0 Å². The quantitative estimate of drug-likeness (QED) is 0.330. The average molecular weight is 441 g/mol. The van der Waals surface area contributed by atoms with Crippen LogP contribution < -0.4 is 0 Å². The molecule has 4 nitrogen and oxygen atoms in total. The molecule has 2 atom stereocenters. The fraction of sp³-hybridized carbons (Fsp3) is 0.720. The second kappa shape index (κ2) is 16.4. The summed E-state index contributed by atoms with van der Waals surface area (Å²) in [6.07, 6.45) is 5.45. The molecule has 0 aliphatic heterocycles. The molecule has 1 N–H and O–H groups in total. The fourth-order valence-electron chi connectivity index (χ4n) is 4.45. The molecule has 0 spiro atoms. The third-order valence-electron chi connectivity index (χ3n) is 5.79. The summed E-state index contributed by atoms with van der Waals surface area (Å²) in [6, 6.07) is 9.00. The minimum Gasteiger partial charge on any atom is -0.465 e. The topological polar surface area (TPSA) is 43.8 Å². The summed E-state index contributed by atoms with van der Waals surface area (Å²) in [6.45, 7) is 16.0. The van der Waals surface area contributed by atoms with Gasteiger partial charge in [0, 0.05) is 19.6 Å². The molecule has 0 fully saturated rings. The van der Waals surface area contributed by atoms with Crippen molar-refractivity contribution in [2.24, 2.45) is 5.92 Å². The number of carbonyl (C=O) groups is 1. The van der Waals surface area contributed by atoms with Gasteiger partial charge in [-0.05, 0) is 74.6 Å². The van der Waals surface area contributed by atoms with Crippen molar-refractivity contribution in [2.75, 3.05) is 32.7 Å². The second-order valence-corrected chi connectivity index (χ2v) is 8.41. The summed E-state index contributed by atoms with van der Waals surface area (Å²) in [5, 5.41) is 9.28. The highest BCUT2D eigenvalue weighted by atomic mass is 35.5. The molecular weight excluding hydrogens is 396 g/mol. The molecule has 1 amide bonds. The molecule has 1 aromatic rings. The average Bonchev–Trinajstić information content (AvgIpc) is 2.68. The summed E-state index contributed by atoms with van der Waals surface area (Å²) in [7, 11) is 0. The molecule has 0 radical (unpaired) electrons. The van der Waals surface area contributed by atoms with Gasteiger partial charge in [0.15, 0.2) is 0 Å². The van der Waals surface area contributed by atoms with Crippen LogP contribution in [0, 0.1) is 5.92 Å². The molecule has 5 heteroatoms. The molecule has 0 aromatic heterocycles. The van der Waals surface area contributed by atoms with E-state index in [0.29, 0.717) is 24.9 Å². The normalized spacial score (nSPS) is 13.0. The zero-order valence-corrected chi connectivity index (χ0v) is 20.7. The van der Waals surface area contributed by atoms with Crippen LogP contribution in [0.4, 0.5) is 4.79 Å². The van der Waals surface area contributed by atoms with Crippen LogP contribution in [0.2, 0.25) is 0 Å². The predicted molar refractivity (Wildman–Crippen MR) is 131 cm³/mol. The second-order valence-electron chi connectivity index (χ2n) is 8.41. The summed E-state index contributed by atoms with van der Waals surface area (Å²) >= 11 is 0. The molecule has 0 unspecified atom stereocenters. The Hall–Kier alpha value is -1.26. The van der Waals surface area contributed by atoms with Crippen molar-refractivity contribution in [3.8, 4) is 0 Å². The number of hydrogen-bond donors (Lipinski definition) is 1. The standard InChI is InChI=1S/C25H44N2O2.ClH/c1-6-15-26(16-7-2)20-21(5)24(9-4)23-14-10-12-22(19-23)13-11-18-27(17-8-3)25(28)29;/h10,12,14,19,21,24H,6-9,11,13,15-18,20H2,1-5H3,(H,28,29);1H/t21-,24+;/m0./s1. The minimum atomic E-state index is -0.802. The number of aryl methyl sites for hydroxylation is 1. The van der Waals surface area contributed by atoms with Gasteiger partial charge in [-0.2, -0.15) is 0 Å².